The van der Waals surface area contributed by atoms with Crippen LogP contribution in [0.5, 0.6) is 5.75 Å². The number of rotatable bonds is 9. The molecule has 1 fully saturated rings. The summed E-state index contributed by atoms with van der Waals surface area (Å²) in [6.45, 7) is 4.98. The van der Waals surface area contributed by atoms with Gasteiger partial charge in [0.1, 0.15) is 5.75 Å². The highest BCUT2D eigenvalue weighted by Crippen LogP contribution is 2.24. The second kappa shape index (κ2) is 10.1. The number of benzene rings is 1. The SMILES string of the molecule is CCCN(CC(=O)NC(C)c1ccccc1OC)S(=O)(=O)N1CCCCC1. The quantitative estimate of drug-likeness (QED) is 0.694. The number of ether oxygens (including phenoxy) is 1. The van der Waals surface area contributed by atoms with Crippen LogP contribution in [0.25, 0.3) is 0 Å². The topological polar surface area (TPSA) is 79.0 Å². The van der Waals surface area contributed by atoms with Crippen LogP contribution in [0, 0.1) is 0 Å². The lowest BCUT2D eigenvalue weighted by molar-refractivity contribution is -0.122. The van der Waals surface area contributed by atoms with Crippen molar-refractivity contribution in [2.75, 3.05) is 33.3 Å². The molecule has 1 aliphatic rings. The number of carbonyl (C=O) groups excluding carboxylic acids is 1. The lowest BCUT2D eigenvalue weighted by Gasteiger charge is -2.32. The fourth-order valence-electron chi connectivity index (χ4n) is 3.33. The van der Waals surface area contributed by atoms with Crippen molar-refractivity contribution < 1.29 is 17.9 Å². The summed E-state index contributed by atoms with van der Waals surface area (Å²) in [6, 6.07) is 7.19. The van der Waals surface area contributed by atoms with Gasteiger partial charge in [-0.2, -0.15) is 17.0 Å². The minimum atomic E-state index is -3.61. The van der Waals surface area contributed by atoms with E-state index in [1.54, 1.807) is 7.11 Å². The zero-order valence-corrected chi connectivity index (χ0v) is 17.3. The van der Waals surface area contributed by atoms with E-state index >= 15 is 0 Å². The van der Waals surface area contributed by atoms with Crippen LogP contribution in [-0.2, 0) is 15.0 Å². The van der Waals surface area contributed by atoms with Crippen LogP contribution in [0.4, 0.5) is 0 Å². The van der Waals surface area contributed by atoms with E-state index in [1.165, 1.54) is 8.61 Å². The summed E-state index contributed by atoms with van der Waals surface area (Å²) in [5.74, 6) is 0.374. The third-order valence-corrected chi connectivity index (χ3v) is 6.73. The van der Waals surface area contributed by atoms with E-state index in [0.29, 0.717) is 31.8 Å². The van der Waals surface area contributed by atoms with Crippen molar-refractivity contribution in [3.63, 3.8) is 0 Å². The van der Waals surface area contributed by atoms with E-state index in [0.717, 1.165) is 24.8 Å². The molecule has 0 bridgehead atoms. The molecule has 27 heavy (non-hydrogen) atoms. The summed E-state index contributed by atoms with van der Waals surface area (Å²) in [7, 11) is -2.03. The van der Waals surface area contributed by atoms with E-state index in [-0.39, 0.29) is 18.5 Å². The molecule has 0 aliphatic carbocycles. The summed E-state index contributed by atoms with van der Waals surface area (Å²) >= 11 is 0. The molecule has 1 heterocycles. The molecular formula is C19H31N3O4S. The fourth-order valence-corrected chi connectivity index (χ4v) is 5.07. The van der Waals surface area contributed by atoms with Gasteiger partial charge in [0, 0.05) is 25.2 Å². The van der Waals surface area contributed by atoms with Gasteiger partial charge in [-0.25, -0.2) is 0 Å². The number of carbonyl (C=O) groups is 1. The van der Waals surface area contributed by atoms with Gasteiger partial charge < -0.3 is 10.1 Å². The van der Waals surface area contributed by atoms with Gasteiger partial charge in [0.25, 0.3) is 10.2 Å². The highest BCUT2D eigenvalue weighted by molar-refractivity contribution is 7.86. The molecule has 2 rings (SSSR count). The largest absolute Gasteiger partial charge is 0.496 e. The van der Waals surface area contributed by atoms with Crippen molar-refractivity contribution in [2.45, 2.75) is 45.6 Å². The number of nitrogens with zero attached hydrogens (tertiary/aromatic N) is 2. The van der Waals surface area contributed by atoms with E-state index in [4.69, 9.17) is 4.74 Å². The van der Waals surface area contributed by atoms with Crippen molar-refractivity contribution >= 4 is 16.1 Å². The molecule has 1 aromatic carbocycles. The minimum Gasteiger partial charge on any atom is -0.496 e. The molecule has 0 radical (unpaired) electrons. The van der Waals surface area contributed by atoms with Crippen molar-refractivity contribution in [3.8, 4) is 5.75 Å². The molecular weight excluding hydrogens is 366 g/mol. The average molecular weight is 398 g/mol. The van der Waals surface area contributed by atoms with Crippen LogP contribution in [0.15, 0.2) is 24.3 Å². The Kier molecular flexibility index (Phi) is 8.07. The zero-order chi connectivity index (χ0) is 19.9. The van der Waals surface area contributed by atoms with E-state index in [9.17, 15) is 13.2 Å². The van der Waals surface area contributed by atoms with Gasteiger partial charge in [0.05, 0.1) is 19.7 Å². The summed E-state index contributed by atoms with van der Waals surface area (Å²) in [6.07, 6.45) is 3.45. The average Bonchev–Trinajstić information content (AvgIpc) is 2.68. The zero-order valence-electron chi connectivity index (χ0n) is 16.5. The number of nitrogens with one attached hydrogen (secondary N) is 1. The van der Waals surface area contributed by atoms with Gasteiger partial charge in [-0.15, -0.1) is 0 Å². The number of piperidine rings is 1. The maximum atomic E-state index is 12.9. The minimum absolute atomic E-state index is 0.174. The molecule has 152 valence electrons. The Morgan fingerprint density at radius 3 is 2.56 bits per heavy atom. The fraction of sp³-hybridized carbons (Fsp3) is 0.632. The first-order valence-corrected chi connectivity index (χ1v) is 11.0. The predicted octanol–water partition coefficient (Wildman–Crippen LogP) is 2.32. The van der Waals surface area contributed by atoms with Gasteiger partial charge in [-0.3, -0.25) is 4.79 Å². The number of hydrogen-bond acceptors (Lipinski definition) is 4. The lowest BCUT2D eigenvalue weighted by Crippen LogP contribution is -2.49. The van der Waals surface area contributed by atoms with E-state index in [1.807, 2.05) is 38.1 Å². The Morgan fingerprint density at radius 1 is 1.26 bits per heavy atom. The van der Waals surface area contributed by atoms with Crippen molar-refractivity contribution in [3.05, 3.63) is 29.8 Å². The van der Waals surface area contributed by atoms with Crippen LogP contribution < -0.4 is 10.1 Å². The number of para-hydroxylation sites is 1. The Morgan fingerprint density at radius 2 is 1.93 bits per heavy atom. The van der Waals surface area contributed by atoms with Crippen LogP contribution in [0.2, 0.25) is 0 Å². The molecule has 1 amide bonds. The maximum absolute atomic E-state index is 12.9. The molecule has 1 unspecified atom stereocenters. The van der Waals surface area contributed by atoms with Crippen LogP contribution in [0.3, 0.4) is 0 Å². The van der Waals surface area contributed by atoms with Gasteiger partial charge in [0.15, 0.2) is 0 Å². The first kappa shape index (κ1) is 21.7. The van der Waals surface area contributed by atoms with Crippen molar-refractivity contribution in [1.82, 2.24) is 13.9 Å². The third kappa shape index (κ3) is 5.67. The molecule has 0 aromatic heterocycles. The van der Waals surface area contributed by atoms with E-state index < -0.39 is 10.2 Å². The highest BCUT2D eigenvalue weighted by Gasteiger charge is 2.31. The second-order valence-electron chi connectivity index (χ2n) is 6.83. The summed E-state index contributed by atoms with van der Waals surface area (Å²) in [5.41, 5.74) is 0.856. The van der Waals surface area contributed by atoms with Gasteiger partial charge in [-0.05, 0) is 32.3 Å². The normalized spacial score (nSPS) is 16.9. The number of hydrogen-bond donors (Lipinski definition) is 1. The van der Waals surface area contributed by atoms with Crippen LogP contribution >= 0.6 is 0 Å². The predicted molar refractivity (Wildman–Crippen MR) is 106 cm³/mol. The Labute approximate surface area is 162 Å². The second-order valence-corrected chi connectivity index (χ2v) is 8.76. The third-order valence-electron chi connectivity index (χ3n) is 4.74. The molecule has 1 saturated heterocycles. The molecule has 1 N–H and O–H groups in total. The molecule has 0 spiro atoms. The van der Waals surface area contributed by atoms with Crippen molar-refractivity contribution in [2.24, 2.45) is 0 Å². The number of methoxy groups -OCH3 is 1. The smallest absolute Gasteiger partial charge is 0.282 e. The molecule has 1 atom stereocenters. The van der Waals surface area contributed by atoms with Gasteiger partial charge in [-0.1, -0.05) is 31.5 Å². The molecule has 1 aromatic rings. The van der Waals surface area contributed by atoms with E-state index in [2.05, 4.69) is 5.32 Å². The monoisotopic (exact) mass is 397 g/mol. The van der Waals surface area contributed by atoms with Gasteiger partial charge >= 0.3 is 0 Å². The number of amides is 1. The van der Waals surface area contributed by atoms with Crippen LogP contribution in [-0.4, -0.2) is 56.2 Å². The molecule has 0 saturated carbocycles. The summed E-state index contributed by atoms with van der Waals surface area (Å²) < 4.78 is 34.0. The summed E-state index contributed by atoms with van der Waals surface area (Å²) in [5, 5.41) is 2.89. The summed E-state index contributed by atoms with van der Waals surface area (Å²) in [4.78, 5) is 12.6. The molecule has 7 nitrogen and oxygen atoms in total. The lowest BCUT2D eigenvalue weighted by atomic mass is 10.1. The molecule has 8 heteroatoms. The Bertz CT molecular complexity index is 717. The Hall–Kier alpha value is -1.64. The first-order chi connectivity index (χ1) is 12.9. The molecule has 1 aliphatic heterocycles. The van der Waals surface area contributed by atoms with Gasteiger partial charge in [0.2, 0.25) is 5.91 Å². The highest BCUT2D eigenvalue weighted by atomic mass is 32.2. The first-order valence-electron chi connectivity index (χ1n) is 9.57. The van der Waals surface area contributed by atoms with Crippen LogP contribution in [0.1, 0.15) is 51.1 Å². The Balaban J connectivity index is 2.05. The standard InChI is InChI=1S/C19H31N3O4S/c1-4-12-22(27(24,25)21-13-8-5-9-14-21)15-19(23)20-16(2)17-10-6-7-11-18(17)26-3/h6-7,10-11,16H,4-5,8-9,12-15H2,1-3H3,(H,20,23). The van der Waals surface area contributed by atoms with Crippen molar-refractivity contribution in [1.29, 1.82) is 0 Å². The maximum Gasteiger partial charge on any atom is 0.282 e.